The van der Waals surface area contributed by atoms with Crippen LogP contribution in [0.1, 0.15) is 51.8 Å². The normalized spacial score (nSPS) is 16.6. The first-order valence-electron chi connectivity index (χ1n) is 7.21. The summed E-state index contributed by atoms with van der Waals surface area (Å²) in [4.78, 5) is 2.42. The molecule has 0 fully saturated rings. The molecule has 1 aliphatic carbocycles. The summed E-state index contributed by atoms with van der Waals surface area (Å²) >= 11 is 1.72. The molecule has 3 rings (SSSR count). The number of fused-ring (bicyclic) bond motifs is 1. The third-order valence-corrected chi connectivity index (χ3v) is 5.32. The highest BCUT2D eigenvalue weighted by atomic mass is 32.1. The van der Waals surface area contributed by atoms with Crippen molar-refractivity contribution in [3.8, 4) is 0 Å². The van der Waals surface area contributed by atoms with E-state index in [9.17, 15) is 9.50 Å². The molecule has 1 unspecified atom stereocenters. The maximum Gasteiger partial charge on any atom is 0.126 e. The molecule has 0 aliphatic heterocycles. The Balaban J connectivity index is 1.90. The van der Waals surface area contributed by atoms with Crippen LogP contribution < -0.4 is 0 Å². The van der Waals surface area contributed by atoms with Crippen LogP contribution in [0.25, 0.3) is 0 Å². The number of rotatable bonds is 2. The largest absolute Gasteiger partial charge is 0.383 e. The number of aliphatic hydroxyl groups excluding tert-OH is 1. The SMILES string of the molecule is Cc1cc(C(O)c2cc3c(s2)CCCCC3)ccc1F. The quantitative estimate of drug-likeness (QED) is 0.805. The van der Waals surface area contributed by atoms with Crippen molar-refractivity contribution in [3.63, 3.8) is 0 Å². The predicted molar refractivity (Wildman–Crippen MR) is 80.8 cm³/mol. The van der Waals surface area contributed by atoms with E-state index in [2.05, 4.69) is 6.07 Å². The molecule has 1 N–H and O–H groups in total. The second-order valence-corrected chi connectivity index (χ2v) is 6.74. The van der Waals surface area contributed by atoms with Gasteiger partial charge in [-0.05, 0) is 61.4 Å². The van der Waals surface area contributed by atoms with Gasteiger partial charge >= 0.3 is 0 Å². The zero-order valence-corrected chi connectivity index (χ0v) is 12.5. The fourth-order valence-electron chi connectivity index (χ4n) is 2.83. The van der Waals surface area contributed by atoms with Crippen LogP contribution in [0.5, 0.6) is 0 Å². The maximum atomic E-state index is 13.3. The summed E-state index contributed by atoms with van der Waals surface area (Å²) in [6.45, 7) is 1.73. The van der Waals surface area contributed by atoms with E-state index in [0.717, 1.165) is 23.3 Å². The minimum atomic E-state index is -0.633. The Hall–Kier alpha value is -1.19. The van der Waals surface area contributed by atoms with Gasteiger partial charge in [-0.25, -0.2) is 4.39 Å². The number of aryl methyl sites for hydroxylation is 3. The minimum absolute atomic E-state index is 0.220. The zero-order chi connectivity index (χ0) is 14.1. The van der Waals surface area contributed by atoms with Crippen molar-refractivity contribution >= 4 is 11.3 Å². The van der Waals surface area contributed by atoms with Gasteiger partial charge in [0.15, 0.2) is 0 Å². The van der Waals surface area contributed by atoms with Crippen molar-refractivity contribution in [1.82, 2.24) is 0 Å². The zero-order valence-electron chi connectivity index (χ0n) is 11.7. The first-order valence-corrected chi connectivity index (χ1v) is 8.02. The average Bonchev–Trinajstić information content (AvgIpc) is 2.72. The smallest absolute Gasteiger partial charge is 0.126 e. The molecule has 2 aromatic rings. The molecule has 1 atom stereocenters. The monoisotopic (exact) mass is 290 g/mol. The predicted octanol–water partition coefficient (Wildman–Crippen LogP) is 4.55. The van der Waals surface area contributed by atoms with E-state index in [4.69, 9.17) is 0 Å². The van der Waals surface area contributed by atoms with Crippen molar-refractivity contribution in [3.05, 3.63) is 56.5 Å². The van der Waals surface area contributed by atoms with Gasteiger partial charge in [-0.15, -0.1) is 11.3 Å². The molecule has 1 aromatic carbocycles. The fourth-order valence-corrected chi connectivity index (χ4v) is 4.10. The summed E-state index contributed by atoms with van der Waals surface area (Å²) < 4.78 is 13.3. The Labute approximate surface area is 123 Å². The van der Waals surface area contributed by atoms with Crippen LogP contribution in [0.2, 0.25) is 0 Å². The van der Waals surface area contributed by atoms with Crippen LogP contribution in [0.15, 0.2) is 24.3 Å². The van der Waals surface area contributed by atoms with Crippen LogP contribution in [-0.4, -0.2) is 5.11 Å². The summed E-state index contributed by atoms with van der Waals surface area (Å²) in [6, 6.07) is 7.00. The number of aliphatic hydroxyl groups is 1. The molecule has 0 spiro atoms. The molecule has 1 nitrogen and oxygen atoms in total. The summed E-state index contributed by atoms with van der Waals surface area (Å²) in [5.41, 5.74) is 2.76. The van der Waals surface area contributed by atoms with E-state index in [1.165, 1.54) is 35.8 Å². The van der Waals surface area contributed by atoms with E-state index in [-0.39, 0.29) is 5.82 Å². The highest BCUT2D eigenvalue weighted by molar-refractivity contribution is 7.12. The second-order valence-electron chi connectivity index (χ2n) is 5.57. The Bertz CT molecular complexity index is 594. The first-order chi connectivity index (χ1) is 9.65. The number of thiophene rings is 1. The molecular weight excluding hydrogens is 271 g/mol. The number of hydrogen-bond donors (Lipinski definition) is 1. The summed E-state index contributed by atoms with van der Waals surface area (Å²) in [5, 5.41) is 10.5. The van der Waals surface area contributed by atoms with Crippen molar-refractivity contribution in [2.75, 3.05) is 0 Å². The van der Waals surface area contributed by atoms with Gasteiger partial charge in [0.1, 0.15) is 11.9 Å². The molecule has 0 amide bonds. The molecule has 0 saturated carbocycles. The van der Waals surface area contributed by atoms with Crippen molar-refractivity contribution in [2.45, 2.75) is 45.1 Å². The first kappa shape index (κ1) is 13.8. The fraction of sp³-hybridized carbons (Fsp3) is 0.412. The summed E-state index contributed by atoms with van der Waals surface area (Å²) in [7, 11) is 0. The molecular formula is C17H19FOS. The van der Waals surface area contributed by atoms with Gasteiger partial charge in [0.2, 0.25) is 0 Å². The van der Waals surface area contributed by atoms with Crippen molar-refractivity contribution in [2.24, 2.45) is 0 Å². The maximum absolute atomic E-state index is 13.3. The molecule has 1 heterocycles. The lowest BCUT2D eigenvalue weighted by Gasteiger charge is -2.10. The van der Waals surface area contributed by atoms with Crippen LogP contribution >= 0.6 is 11.3 Å². The van der Waals surface area contributed by atoms with Gasteiger partial charge in [-0.2, -0.15) is 0 Å². The molecule has 0 bridgehead atoms. The van der Waals surface area contributed by atoms with Gasteiger partial charge in [0, 0.05) is 9.75 Å². The van der Waals surface area contributed by atoms with E-state index in [1.54, 1.807) is 30.4 Å². The van der Waals surface area contributed by atoms with Crippen LogP contribution in [0.4, 0.5) is 4.39 Å². The van der Waals surface area contributed by atoms with Crippen molar-refractivity contribution < 1.29 is 9.50 Å². The Morgan fingerprint density at radius 3 is 2.75 bits per heavy atom. The van der Waals surface area contributed by atoms with Gasteiger partial charge in [0.25, 0.3) is 0 Å². The standard InChI is InChI=1S/C17H19FOS/c1-11-9-13(7-8-14(11)18)17(19)16-10-12-5-3-2-4-6-15(12)20-16/h7-10,17,19H,2-6H2,1H3. The topological polar surface area (TPSA) is 20.2 Å². The van der Waals surface area contributed by atoms with E-state index >= 15 is 0 Å². The molecule has 20 heavy (non-hydrogen) atoms. The van der Waals surface area contributed by atoms with Crippen LogP contribution in [0.3, 0.4) is 0 Å². The third kappa shape index (κ3) is 2.65. The lowest BCUT2D eigenvalue weighted by molar-refractivity contribution is 0.224. The Morgan fingerprint density at radius 2 is 1.95 bits per heavy atom. The van der Waals surface area contributed by atoms with Gasteiger partial charge in [-0.3, -0.25) is 0 Å². The molecule has 1 aromatic heterocycles. The summed E-state index contributed by atoms with van der Waals surface area (Å²) in [5.74, 6) is -0.220. The van der Waals surface area contributed by atoms with E-state index in [0.29, 0.717) is 5.56 Å². The highest BCUT2D eigenvalue weighted by Gasteiger charge is 2.18. The van der Waals surface area contributed by atoms with Gasteiger partial charge in [0.05, 0.1) is 0 Å². The van der Waals surface area contributed by atoms with Crippen molar-refractivity contribution in [1.29, 1.82) is 0 Å². The molecule has 1 aliphatic rings. The highest BCUT2D eigenvalue weighted by Crippen LogP contribution is 2.35. The second kappa shape index (κ2) is 5.66. The number of hydrogen-bond acceptors (Lipinski definition) is 2. The Morgan fingerprint density at radius 1 is 1.15 bits per heavy atom. The lowest BCUT2D eigenvalue weighted by atomic mass is 10.0. The van der Waals surface area contributed by atoms with Gasteiger partial charge in [-0.1, -0.05) is 18.6 Å². The summed E-state index contributed by atoms with van der Waals surface area (Å²) in [6.07, 6.45) is 5.42. The van der Waals surface area contributed by atoms with E-state index < -0.39 is 6.10 Å². The number of benzene rings is 1. The average molecular weight is 290 g/mol. The van der Waals surface area contributed by atoms with E-state index in [1.807, 2.05) is 0 Å². The number of halogens is 1. The van der Waals surface area contributed by atoms with Crippen LogP contribution in [0, 0.1) is 12.7 Å². The molecule has 106 valence electrons. The molecule has 0 radical (unpaired) electrons. The Kier molecular flexibility index (Phi) is 3.90. The lowest BCUT2D eigenvalue weighted by Crippen LogP contribution is -1.98. The minimum Gasteiger partial charge on any atom is -0.383 e. The molecule has 0 saturated heterocycles. The molecule has 3 heteroatoms. The third-order valence-electron chi connectivity index (χ3n) is 4.03. The van der Waals surface area contributed by atoms with Crippen LogP contribution in [-0.2, 0) is 12.8 Å². The van der Waals surface area contributed by atoms with Gasteiger partial charge < -0.3 is 5.11 Å².